The summed E-state index contributed by atoms with van der Waals surface area (Å²) in [5, 5.41) is 8.85. The van der Waals surface area contributed by atoms with Crippen LogP contribution in [0.2, 0.25) is 0 Å². The standard InChI is InChI=1S/C12H15NO/c1-8(7-13)11-5-6-12(14-4)10(3)9(11)2/h5-6,8H,1-4H3. The quantitative estimate of drug-likeness (QED) is 0.716. The summed E-state index contributed by atoms with van der Waals surface area (Å²) in [7, 11) is 1.66. The van der Waals surface area contributed by atoms with Crippen molar-refractivity contribution in [3.63, 3.8) is 0 Å². The van der Waals surface area contributed by atoms with Crippen LogP contribution < -0.4 is 4.74 Å². The van der Waals surface area contributed by atoms with Gasteiger partial charge in [-0.25, -0.2) is 0 Å². The number of hydrogen-bond acceptors (Lipinski definition) is 2. The summed E-state index contributed by atoms with van der Waals surface area (Å²) in [4.78, 5) is 0. The molecule has 2 heteroatoms. The molecule has 14 heavy (non-hydrogen) atoms. The van der Waals surface area contributed by atoms with Gasteiger partial charge in [0.15, 0.2) is 0 Å². The van der Waals surface area contributed by atoms with E-state index in [-0.39, 0.29) is 5.92 Å². The SMILES string of the molecule is COc1ccc(C(C)C#N)c(C)c1C. The number of ether oxygens (including phenoxy) is 1. The minimum atomic E-state index is -0.0559. The molecule has 0 aliphatic heterocycles. The van der Waals surface area contributed by atoms with Gasteiger partial charge < -0.3 is 4.74 Å². The van der Waals surface area contributed by atoms with Crippen LogP contribution in [0.15, 0.2) is 12.1 Å². The molecule has 1 rings (SSSR count). The minimum absolute atomic E-state index is 0.0559. The highest BCUT2D eigenvalue weighted by molar-refractivity contribution is 5.45. The second-order valence-corrected chi connectivity index (χ2v) is 3.46. The van der Waals surface area contributed by atoms with E-state index in [1.807, 2.05) is 32.9 Å². The Balaban J connectivity index is 3.25. The molecule has 0 amide bonds. The summed E-state index contributed by atoms with van der Waals surface area (Å²) >= 11 is 0. The van der Waals surface area contributed by atoms with Crippen molar-refractivity contribution in [1.82, 2.24) is 0 Å². The van der Waals surface area contributed by atoms with Crippen molar-refractivity contribution in [2.75, 3.05) is 7.11 Å². The second kappa shape index (κ2) is 4.15. The molecule has 0 aromatic heterocycles. The largest absolute Gasteiger partial charge is 0.496 e. The summed E-state index contributed by atoms with van der Waals surface area (Å²) in [6, 6.07) is 6.14. The van der Waals surface area contributed by atoms with E-state index in [1.54, 1.807) is 7.11 Å². The highest BCUT2D eigenvalue weighted by Gasteiger charge is 2.11. The van der Waals surface area contributed by atoms with Gasteiger partial charge in [-0.2, -0.15) is 5.26 Å². The van der Waals surface area contributed by atoms with Gasteiger partial charge in [-0.1, -0.05) is 6.07 Å². The Morgan fingerprint density at radius 2 is 1.93 bits per heavy atom. The number of methoxy groups -OCH3 is 1. The number of benzene rings is 1. The average Bonchev–Trinajstić information content (AvgIpc) is 2.21. The van der Waals surface area contributed by atoms with Gasteiger partial charge in [-0.05, 0) is 43.5 Å². The smallest absolute Gasteiger partial charge is 0.122 e. The fraction of sp³-hybridized carbons (Fsp3) is 0.417. The van der Waals surface area contributed by atoms with E-state index in [2.05, 4.69) is 6.07 Å². The van der Waals surface area contributed by atoms with E-state index in [0.29, 0.717) is 0 Å². The molecule has 2 nitrogen and oxygen atoms in total. The van der Waals surface area contributed by atoms with Crippen LogP contribution in [0.4, 0.5) is 0 Å². The summed E-state index contributed by atoms with van der Waals surface area (Å²) in [6.07, 6.45) is 0. The fourth-order valence-electron chi connectivity index (χ4n) is 1.58. The monoisotopic (exact) mass is 189 g/mol. The van der Waals surface area contributed by atoms with E-state index in [0.717, 1.165) is 22.4 Å². The number of nitrogens with zero attached hydrogens (tertiary/aromatic N) is 1. The Labute approximate surface area is 85.1 Å². The van der Waals surface area contributed by atoms with E-state index in [9.17, 15) is 0 Å². The van der Waals surface area contributed by atoms with Crippen molar-refractivity contribution < 1.29 is 4.74 Å². The first-order valence-electron chi connectivity index (χ1n) is 4.65. The molecule has 1 unspecified atom stereocenters. The highest BCUT2D eigenvalue weighted by Crippen LogP contribution is 2.28. The molecular weight excluding hydrogens is 174 g/mol. The lowest BCUT2D eigenvalue weighted by Gasteiger charge is -2.13. The third-order valence-corrected chi connectivity index (χ3v) is 2.66. The Hall–Kier alpha value is -1.49. The van der Waals surface area contributed by atoms with Crippen molar-refractivity contribution in [3.8, 4) is 11.8 Å². The molecule has 0 aliphatic carbocycles. The van der Waals surface area contributed by atoms with Gasteiger partial charge in [-0.15, -0.1) is 0 Å². The zero-order valence-corrected chi connectivity index (χ0v) is 9.09. The molecule has 0 saturated heterocycles. The minimum Gasteiger partial charge on any atom is -0.496 e. The van der Waals surface area contributed by atoms with E-state index >= 15 is 0 Å². The van der Waals surface area contributed by atoms with Crippen molar-refractivity contribution in [2.45, 2.75) is 26.7 Å². The first-order valence-corrected chi connectivity index (χ1v) is 4.65. The van der Waals surface area contributed by atoms with Crippen LogP contribution in [0.1, 0.15) is 29.5 Å². The van der Waals surface area contributed by atoms with Gasteiger partial charge in [0.25, 0.3) is 0 Å². The zero-order chi connectivity index (χ0) is 10.7. The predicted octanol–water partition coefficient (Wildman–Crippen LogP) is 2.94. The lowest BCUT2D eigenvalue weighted by Crippen LogP contribution is -1.98. The molecule has 0 bridgehead atoms. The van der Waals surface area contributed by atoms with Crippen LogP contribution in [0.5, 0.6) is 5.75 Å². The molecule has 74 valence electrons. The Morgan fingerprint density at radius 1 is 1.29 bits per heavy atom. The maximum Gasteiger partial charge on any atom is 0.122 e. The molecule has 0 radical (unpaired) electrons. The summed E-state index contributed by atoms with van der Waals surface area (Å²) in [5.41, 5.74) is 3.36. The third kappa shape index (κ3) is 1.72. The number of hydrogen-bond donors (Lipinski definition) is 0. The summed E-state index contributed by atoms with van der Waals surface area (Å²) < 4.78 is 5.21. The zero-order valence-electron chi connectivity index (χ0n) is 9.09. The van der Waals surface area contributed by atoms with Crippen LogP contribution >= 0.6 is 0 Å². The van der Waals surface area contributed by atoms with Crippen molar-refractivity contribution in [1.29, 1.82) is 5.26 Å². The van der Waals surface area contributed by atoms with Crippen LogP contribution in [-0.2, 0) is 0 Å². The molecule has 1 atom stereocenters. The van der Waals surface area contributed by atoms with Gasteiger partial charge in [0.05, 0.1) is 19.1 Å². The van der Waals surface area contributed by atoms with Gasteiger partial charge >= 0.3 is 0 Å². The third-order valence-electron chi connectivity index (χ3n) is 2.66. The van der Waals surface area contributed by atoms with E-state index < -0.39 is 0 Å². The van der Waals surface area contributed by atoms with Crippen LogP contribution in [-0.4, -0.2) is 7.11 Å². The Morgan fingerprint density at radius 3 is 2.43 bits per heavy atom. The van der Waals surface area contributed by atoms with Gasteiger partial charge in [0.1, 0.15) is 5.75 Å². The normalized spacial score (nSPS) is 11.9. The van der Waals surface area contributed by atoms with Gasteiger partial charge in [-0.3, -0.25) is 0 Å². The molecular formula is C12H15NO. The van der Waals surface area contributed by atoms with Crippen molar-refractivity contribution in [3.05, 3.63) is 28.8 Å². The van der Waals surface area contributed by atoms with Crippen molar-refractivity contribution in [2.24, 2.45) is 0 Å². The first-order chi connectivity index (χ1) is 6.61. The summed E-state index contributed by atoms with van der Waals surface area (Å²) in [6.45, 7) is 5.96. The molecule has 0 aliphatic rings. The Kier molecular flexibility index (Phi) is 3.14. The molecule has 0 N–H and O–H groups in total. The molecule has 0 heterocycles. The van der Waals surface area contributed by atoms with Gasteiger partial charge in [0, 0.05) is 0 Å². The maximum atomic E-state index is 8.85. The second-order valence-electron chi connectivity index (χ2n) is 3.46. The van der Waals surface area contributed by atoms with Crippen LogP contribution in [0, 0.1) is 25.2 Å². The average molecular weight is 189 g/mol. The lowest BCUT2D eigenvalue weighted by molar-refractivity contribution is 0.411. The molecule has 1 aromatic rings. The van der Waals surface area contributed by atoms with Crippen molar-refractivity contribution >= 4 is 0 Å². The predicted molar refractivity (Wildman–Crippen MR) is 56.5 cm³/mol. The van der Waals surface area contributed by atoms with E-state index in [4.69, 9.17) is 10.00 Å². The number of nitriles is 1. The Bertz CT molecular complexity index is 377. The molecule has 1 aromatic carbocycles. The first kappa shape index (κ1) is 10.6. The number of rotatable bonds is 2. The summed E-state index contributed by atoms with van der Waals surface area (Å²) in [5.74, 6) is 0.830. The highest BCUT2D eigenvalue weighted by atomic mass is 16.5. The van der Waals surface area contributed by atoms with E-state index in [1.165, 1.54) is 0 Å². The van der Waals surface area contributed by atoms with Crippen LogP contribution in [0.3, 0.4) is 0 Å². The molecule has 0 spiro atoms. The van der Waals surface area contributed by atoms with Gasteiger partial charge in [0.2, 0.25) is 0 Å². The molecule has 0 fully saturated rings. The topological polar surface area (TPSA) is 33.0 Å². The lowest BCUT2D eigenvalue weighted by atomic mass is 9.94. The molecule has 0 saturated carbocycles. The maximum absolute atomic E-state index is 8.85. The fourth-order valence-corrected chi connectivity index (χ4v) is 1.58. The van der Waals surface area contributed by atoms with Crippen LogP contribution in [0.25, 0.3) is 0 Å².